The van der Waals surface area contributed by atoms with Crippen molar-refractivity contribution in [3.8, 4) is 5.75 Å². The van der Waals surface area contributed by atoms with E-state index >= 15 is 0 Å². The molecule has 0 aliphatic rings. The van der Waals surface area contributed by atoms with Crippen molar-refractivity contribution in [3.63, 3.8) is 0 Å². The average molecular weight is 276 g/mol. The number of nitrogens with one attached hydrogen (secondary N) is 1. The van der Waals surface area contributed by atoms with Crippen LogP contribution in [0, 0.1) is 0 Å². The van der Waals surface area contributed by atoms with E-state index in [0.717, 1.165) is 0 Å². The van der Waals surface area contributed by atoms with Gasteiger partial charge in [0, 0.05) is 25.5 Å². The maximum Gasteiger partial charge on any atom is 0.349 e. The number of hydrazine groups is 1. The third-order valence-electron chi connectivity index (χ3n) is 2.59. The van der Waals surface area contributed by atoms with Crippen LogP contribution in [0.4, 0.5) is 0 Å². The highest BCUT2D eigenvalue weighted by Gasteiger charge is 2.14. The number of carbonyl (C=O) groups is 1. The van der Waals surface area contributed by atoms with Crippen molar-refractivity contribution in [2.75, 3.05) is 20.7 Å². The molecule has 0 aliphatic carbocycles. The van der Waals surface area contributed by atoms with Crippen LogP contribution in [-0.2, 0) is 0 Å². The van der Waals surface area contributed by atoms with Crippen LogP contribution in [0.1, 0.15) is 17.3 Å². The van der Waals surface area contributed by atoms with E-state index in [1.807, 2.05) is 6.92 Å². The zero-order valence-corrected chi connectivity index (χ0v) is 11.6. The Labute approximate surface area is 115 Å². The van der Waals surface area contributed by atoms with E-state index in [0.29, 0.717) is 23.3 Å². The van der Waals surface area contributed by atoms with Gasteiger partial charge < -0.3 is 9.15 Å². The zero-order valence-electron chi connectivity index (χ0n) is 11.6. The van der Waals surface area contributed by atoms with E-state index in [4.69, 9.17) is 9.15 Å². The Balaban J connectivity index is 2.45. The van der Waals surface area contributed by atoms with Gasteiger partial charge in [-0.2, -0.15) is 0 Å². The monoisotopic (exact) mass is 276 g/mol. The van der Waals surface area contributed by atoms with Crippen molar-refractivity contribution in [2.45, 2.75) is 6.92 Å². The Kier molecular flexibility index (Phi) is 4.05. The fourth-order valence-electron chi connectivity index (χ4n) is 1.77. The normalized spacial score (nSPS) is 10.8. The topological polar surface area (TPSA) is 71.8 Å². The van der Waals surface area contributed by atoms with E-state index in [-0.39, 0.29) is 5.56 Å². The van der Waals surface area contributed by atoms with Crippen molar-refractivity contribution in [1.82, 2.24) is 10.4 Å². The van der Waals surface area contributed by atoms with Crippen molar-refractivity contribution in [1.29, 1.82) is 0 Å². The number of amides is 1. The molecule has 0 unspecified atom stereocenters. The molecular formula is C14H16N2O4. The van der Waals surface area contributed by atoms with Gasteiger partial charge in [0.2, 0.25) is 0 Å². The van der Waals surface area contributed by atoms with Gasteiger partial charge in [0.25, 0.3) is 5.91 Å². The molecule has 1 N–H and O–H groups in total. The minimum absolute atomic E-state index is 0.0321. The zero-order chi connectivity index (χ0) is 14.7. The molecule has 0 aliphatic heterocycles. The van der Waals surface area contributed by atoms with Crippen molar-refractivity contribution in [2.24, 2.45) is 0 Å². The van der Waals surface area contributed by atoms with Crippen molar-refractivity contribution in [3.05, 3.63) is 40.2 Å². The first-order valence-corrected chi connectivity index (χ1v) is 6.20. The summed E-state index contributed by atoms with van der Waals surface area (Å²) in [6.07, 6.45) is 0. The number of benzene rings is 1. The number of nitrogens with zero attached hydrogens (tertiary/aromatic N) is 1. The molecule has 1 aromatic heterocycles. The summed E-state index contributed by atoms with van der Waals surface area (Å²) in [5.41, 5.74) is 2.19. The summed E-state index contributed by atoms with van der Waals surface area (Å²) < 4.78 is 10.5. The Morgan fingerprint density at radius 3 is 2.75 bits per heavy atom. The largest absolute Gasteiger partial charge is 0.494 e. The number of fused-ring (bicyclic) bond motifs is 1. The minimum Gasteiger partial charge on any atom is -0.494 e. The van der Waals surface area contributed by atoms with Crippen molar-refractivity contribution < 1.29 is 13.9 Å². The minimum atomic E-state index is -0.675. The van der Waals surface area contributed by atoms with Gasteiger partial charge in [-0.1, -0.05) is 0 Å². The van der Waals surface area contributed by atoms with Gasteiger partial charge in [0.05, 0.1) is 6.61 Å². The maximum atomic E-state index is 11.9. The highest BCUT2D eigenvalue weighted by Crippen LogP contribution is 2.20. The molecule has 6 nitrogen and oxygen atoms in total. The summed E-state index contributed by atoms with van der Waals surface area (Å²) >= 11 is 0. The number of carbonyl (C=O) groups excluding carboxylic acids is 1. The van der Waals surface area contributed by atoms with Gasteiger partial charge in [-0.3, -0.25) is 10.2 Å². The fraction of sp³-hybridized carbons (Fsp3) is 0.286. The molecule has 1 aromatic carbocycles. The Hall–Kier alpha value is -2.34. The van der Waals surface area contributed by atoms with E-state index in [2.05, 4.69) is 5.43 Å². The van der Waals surface area contributed by atoms with E-state index in [9.17, 15) is 9.59 Å². The first-order valence-electron chi connectivity index (χ1n) is 6.20. The van der Waals surface area contributed by atoms with Crippen LogP contribution in [0.3, 0.4) is 0 Å². The molecule has 106 valence electrons. The second kappa shape index (κ2) is 5.75. The van der Waals surface area contributed by atoms with Crippen molar-refractivity contribution >= 4 is 16.9 Å². The molecule has 6 heteroatoms. The number of ether oxygens (including phenoxy) is 1. The lowest BCUT2D eigenvalue weighted by Gasteiger charge is -2.11. The lowest BCUT2D eigenvalue weighted by Crippen LogP contribution is -2.38. The molecule has 20 heavy (non-hydrogen) atoms. The van der Waals surface area contributed by atoms with Crippen LogP contribution in [0.5, 0.6) is 5.75 Å². The molecule has 2 aromatic rings. The number of hydrogen-bond acceptors (Lipinski definition) is 5. The number of rotatable bonds is 4. The molecule has 0 atom stereocenters. The molecule has 0 radical (unpaired) electrons. The first-order chi connectivity index (χ1) is 9.51. The summed E-state index contributed by atoms with van der Waals surface area (Å²) in [5, 5.41) is 2.13. The lowest BCUT2D eigenvalue weighted by molar-refractivity contribution is 0.0853. The van der Waals surface area contributed by atoms with Gasteiger partial charge in [-0.05, 0) is 25.1 Å². The molecule has 1 amide bonds. The molecule has 0 spiro atoms. The predicted octanol–water partition coefficient (Wildman–Crippen LogP) is 1.40. The SMILES string of the molecule is CCOc1ccc2cc(C(=O)NN(C)C)c(=O)oc2c1. The van der Waals surface area contributed by atoms with Gasteiger partial charge in [0.15, 0.2) is 0 Å². The van der Waals surface area contributed by atoms with Crippen LogP contribution in [0.15, 0.2) is 33.5 Å². The second-order valence-electron chi connectivity index (χ2n) is 4.42. The smallest absolute Gasteiger partial charge is 0.349 e. The molecular weight excluding hydrogens is 260 g/mol. The van der Waals surface area contributed by atoms with Gasteiger partial charge in [-0.15, -0.1) is 0 Å². The maximum absolute atomic E-state index is 11.9. The van der Waals surface area contributed by atoms with Crippen LogP contribution in [0.2, 0.25) is 0 Å². The third-order valence-corrected chi connectivity index (χ3v) is 2.59. The summed E-state index contributed by atoms with van der Waals surface area (Å²) in [5.74, 6) is 0.119. The van der Waals surface area contributed by atoms with Crippen LogP contribution in [-0.4, -0.2) is 31.6 Å². The predicted molar refractivity (Wildman–Crippen MR) is 74.8 cm³/mol. The summed E-state index contributed by atoms with van der Waals surface area (Å²) in [6, 6.07) is 6.65. The first kappa shape index (κ1) is 14.1. The summed E-state index contributed by atoms with van der Waals surface area (Å²) in [7, 11) is 3.32. The molecule has 0 saturated carbocycles. The van der Waals surface area contributed by atoms with E-state index < -0.39 is 11.5 Å². The van der Waals surface area contributed by atoms with Gasteiger partial charge in [0.1, 0.15) is 16.9 Å². The molecule has 0 bridgehead atoms. The lowest BCUT2D eigenvalue weighted by atomic mass is 10.1. The fourth-order valence-corrected chi connectivity index (χ4v) is 1.77. The van der Waals surface area contributed by atoms with Crippen LogP contribution < -0.4 is 15.8 Å². The Morgan fingerprint density at radius 1 is 1.35 bits per heavy atom. The Morgan fingerprint density at radius 2 is 2.10 bits per heavy atom. The molecule has 0 saturated heterocycles. The highest BCUT2D eigenvalue weighted by molar-refractivity contribution is 5.96. The Bertz CT molecular complexity index is 691. The van der Waals surface area contributed by atoms with Gasteiger partial charge >= 0.3 is 5.63 Å². The quantitative estimate of drug-likeness (QED) is 0.675. The van der Waals surface area contributed by atoms with E-state index in [1.165, 1.54) is 11.1 Å². The summed E-state index contributed by atoms with van der Waals surface area (Å²) in [4.78, 5) is 23.7. The average Bonchev–Trinajstić information content (AvgIpc) is 2.37. The summed E-state index contributed by atoms with van der Waals surface area (Å²) in [6.45, 7) is 2.40. The molecule has 1 heterocycles. The van der Waals surface area contributed by atoms with Crippen LogP contribution >= 0.6 is 0 Å². The highest BCUT2D eigenvalue weighted by atomic mass is 16.5. The van der Waals surface area contributed by atoms with Crippen LogP contribution in [0.25, 0.3) is 11.0 Å². The van der Waals surface area contributed by atoms with Gasteiger partial charge in [-0.25, -0.2) is 9.80 Å². The standard InChI is InChI=1S/C14H16N2O4/c1-4-19-10-6-5-9-7-11(13(17)15-16(2)3)14(18)20-12(9)8-10/h5-8H,4H2,1-3H3,(H,15,17). The molecule has 0 fully saturated rings. The van der Waals surface area contributed by atoms with E-state index in [1.54, 1.807) is 32.3 Å². The number of hydrogen-bond donors (Lipinski definition) is 1. The molecule has 2 rings (SSSR count). The second-order valence-corrected chi connectivity index (χ2v) is 4.42. The third kappa shape index (κ3) is 2.97.